The van der Waals surface area contributed by atoms with Gasteiger partial charge >= 0.3 is 0 Å². The summed E-state index contributed by atoms with van der Waals surface area (Å²) in [5, 5.41) is 15.3. The molecule has 0 saturated carbocycles. The van der Waals surface area contributed by atoms with Gasteiger partial charge in [0.05, 0.1) is 5.54 Å². The predicted octanol–water partition coefficient (Wildman–Crippen LogP) is 1.74. The lowest BCUT2D eigenvalue weighted by atomic mass is 9.90. The fourth-order valence-corrected chi connectivity index (χ4v) is 2.42. The number of aromatic nitrogens is 2. The Hall–Kier alpha value is -0.720. The van der Waals surface area contributed by atoms with E-state index in [1.54, 1.807) is 0 Å². The number of aryl methyl sites for hydroxylation is 1. The molecule has 0 aliphatic carbocycles. The zero-order chi connectivity index (χ0) is 11.6. The number of piperidine rings is 1. The van der Waals surface area contributed by atoms with Crippen LogP contribution in [0.4, 0.5) is 5.13 Å². The predicted molar refractivity (Wildman–Crippen MR) is 70.8 cm³/mol. The first kappa shape index (κ1) is 14.3. The van der Waals surface area contributed by atoms with Gasteiger partial charge in [-0.15, -0.1) is 22.6 Å². The maximum Gasteiger partial charge on any atom is 0.246 e. The molecule has 2 rings (SSSR count). The molecule has 1 aliphatic rings. The van der Waals surface area contributed by atoms with E-state index in [2.05, 4.69) is 20.8 Å². The number of carbonyl (C=O) groups is 1. The lowest BCUT2D eigenvalue weighted by Gasteiger charge is -2.32. The van der Waals surface area contributed by atoms with Gasteiger partial charge < -0.3 is 5.32 Å². The second-order valence-corrected chi connectivity index (χ2v) is 5.48. The van der Waals surface area contributed by atoms with Gasteiger partial charge in [-0.3, -0.25) is 10.1 Å². The molecule has 17 heavy (non-hydrogen) atoms. The van der Waals surface area contributed by atoms with Crippen LogP contribution in [0.3, 0.4) is 0 Å². The van der Waals surface area contributed by atoms with Crippen LogP contribution in [-0.4, -0.2) is 28.2 Å². The third-order valence-electron chi connectivity index (χ3n) is 2.87. The van der Waals surface area contributed by atoms with Crippen molar-refractivity contribution in [1.29, 1.82) is 0 Å². The summed E-state index contributed by atoms with van der Waals surface area (Å²) < 4.78 is 0. The number of rotatable bonds is 2. The smallest absolute Gasteiger partial charge is 0.246 e. The van der Waals surface area contributed by atoms with Crippen molar-refractivity contribution in [3.8, 4) is 0 Å². The van der Waals surface area contributed by atoms with Crippen LogP contribution in [0.5, 0.6) is 0 Å². The molecule has 0 bridgehead atoms. The highest BCUT2D eigenvalue weighted by Gasteiger charge is 2.34. The number of nitrogens with one attached hydrogen (secondary N) is 2. The molecule has 96 valence electrons. The molecule has 1 unspecified atom stereocenters. The molecule has 0 aromatic carbocycles. The first-order valence-corrected chi connectivity index (χ1v) is 6.28. The molecular weight excluding hydrogens is 260 g/mol. The first-order chi connectivity index (χ1) is 7.60. The second-order valence-electron chi connectivity index (χ2n) is 4.30. The van der Waals surface area contributed by atoms with Crippen LogP contribution in [0.25, 0.3) is 0 Å². The lowest BCUT2D eigenvalue weighted by molar-refractivity contribution is -0.122. The molecule has 7 heteroatoms. The van der Waals surface area contributed by atoms with E-state index in [0.29, 0.717) is 5.13 Å². The number of hydrogen-bond donors (Lipinski definition) is 2. The molecule has 1 aromatic rings. The van der Waals surface area contributed by atoms with E-state index in [-0.39, 0.29) is 18.3 Å². The number of carbonyl (C=O) groups excluding carboxylic acids is 1. The van der Waals surface area contributed by atoms with E-state index < -0.39 is 5.54 Å². The largest absolute Gasteiger partial charge is 0.304 e. The van der Waals surface area contributed by atoms with Crippen LogP contribution in [0.1, 0.15) is 31.2 Å². The number of anilines is 1. The quantitative estimate of drug-likeness (QED) is 0.863. The molecule has 0 spiro atoms. The van der Waals surface area contributed by atoms with E-state index in [0.717, 1.165) is 30.8 Å². The maximum absolute atomic E-state index is 12.1. The summed E-state index contributed by atoms with van der Waals surface area (Å²) >= 11 is 1.40. The Kier molecular flexibility index (Phi) is 4.85. The van der Waals surface area contributed by atoms with Crippen molar-refractivity contribution in [3.63, 3.8) is 0 Å². The van der Waals surface area contributed by atoms with Crippen molar-refractivity contribution in [2.24, 2.45) is 0 Å². The van der Waals surface area contributed by atoms with Crippen molar-refractivity contribution >= 4 is 34.8 Å². The van der Waals surface area contributed by atoms with Crippen LogP contribution in [0.15, 0.2) is 0 Å². The van der Waals surface area contributed by atoms with E-state index in [4.69, 9.17) is 0 Å². The molecular formula is C10H17ClN4OS. The number of hydrogen-bond acceptors (Lipinski definition) is 5. The highest BCUT2D eigenvalue weighted by Crippen LogP contribution is 2.22. The summed E-state index contributed by atoms with van der Waals surface area (Å²) in [6, 6.07) is 0. The topological polar surface area (TPSA) is 66.9 Å². The third kappa shape index (κ3) is 3.37. The van der Waals surface area contributed by atoms with E-state index in [1.807, 2.05) is 13.8 Å². The van der Waals surface area contributed by atoms with Gasteiger partial charge in [-0.25, -0.2) is 0 Å². The molecule has 1 amide bonds. The second kappa shape index (κ2) is 5.75. The SMILES string of the molecule is Cc1nnc(NC(=O)C2(C)CCCCN2)s1.Cl. The zero-order valence-electron chi connectivity index (χ0n) is 9.95. The van der Waals surface area contributed by atoms with Crippen LogP contribution < -0.4 is 10.6 Å². The Bertz CT molecular complexity index is 389. The Morgan fingerprint density at radius 1 is 1.47 bits per heavy atom. The zero-order valence-corrected chi connectivity index (χ0v) is 11.6. The van der Waals surface area contributed by atoms with Crippen molar-refractivity contribution in [1.82, 2.24) is 15.5 Å². The molecule has 1 fully saturated rings. The monoisotopic (exact) mass is 276 g/mol. The molecule has 1 atom stereocenters. The molecule has 0 radical (unpaired) electrons. The van der Waals surface area contributed by atoms with Gasteiger partial charge in [-0.05, 0) is 39.7 Å². The third-order valence-corrected chi connectivity index (χ3v) is 3.62. The van der Waals surface area contributed by atoms with E-state index in [1.165, 1.54) is 11.3 Å². The number of amides is 1. The van der Waals surface area contributed by atoms with Gasteiger partial charge in [-0.1, -0.05) is 11.3 Å². The van der Waals surface area contributed by atoms with E-state index in [9.17, 15) is 4.79 Å². The summed E-state index contributed by atoms with van der Waals surface area (Å²) in [5.41, 5.74) is -0.460. The Labute approximate surface area is 111 Å². The Morgan fingerprint density at radius 3 is 2.76 bits per heavy atom. The first-order valence-electron chi connectivity index (χ1n) is 5.47. The minimum absolute atomic E-state index is 0. The average Bonchev–Trinajstić information content (AvgIpc) is 2.65. The molecule has 5 nitrogen and oxygen atoms in total. The standard InChI is InChI=1S/C10H16N4OS.ClH/c1-7-13-14-9(16-7)12-8(15)10(2)5-3-4-6-11-10;/h11H,3-6H2,1-2H3,(H,12,14,15);1H. The number of halogens is 1. The summed E-state index contributed by atoms with van der Waals surface area (Å²) in [6.45, 7) is 4.71. The summed E-state index contributed by atoms with van der Waals surface area (Å²) in [4.78, 5) is 12.1. The minimum Gasteiger partial charge on any atom is -0.304 e. The average molecular weight is 277 g/mol. The van der Waals surface area contributed by atoms with Crippen LogP contribution in [0, 0.1) is 6.92 Å². The van der Waals surface area contributed by atoms with Crippen molar-refractivity contribution in [2.75, 3.05) is 11.9 Å². The van der Waals surface area contributed by atoms with Crippen molar-refractivity contribution in [3.05, 3.63) is 5.01 Å². The summed E-state index contributed by atoms with van der Waals surface area (Å²) in [7, 11) is 0. The van der Waals surface area contributed by atoms with Gasteiger partial charge in [0, 0.05) is 0 Å². The van der Waals surface area contributed by atoms with Gasteiger partial charge in [0.15, 0.2) is 0 Å². The normalized spacial score (nSPS) is 23.9. The molecule has 1 aliphatic heterocycles. The van der Waals surface area contributed by atoms with Crippen LogP contribution in [0.2, 0.25) is 0 Å². The van der Waals surface area contributed by atoms with Gasteiger partial charge in [0.25, 0.3) is 0 Å². The van der Waals surface area contributed by atoms with Crippen molar-refractivity contribution < 1.29 is 4.79 Å². The Balaban J connectivity index is 0.00000144. The maximum atomic E-state index is 12.1. The van der Waals surface area contributed by atoms with Crippen LogP contribution in [-0.2, 0) is 4.79 Å². The van der Waals surface area contributed by atoms with Gasteiger partial charge in [0.2, 0.25) is 11.0 Å². The summed E-state index contributed by atoms with van der Waals surface area (Å²) in [5.74, 6) is -0.0108. The minimum atomic E-state index is -0.460. The Morgan fingerprint density at radius 2 is 2.24 bits per heavy atom. The van der Waals surface area contributed by atoms with E-state index >= 15 is 0 Å². The summed E-state index contributed by atoms with van der Waals surface area (Å²) in [6.07, 6.45) is 3.10. The molecule has 1 saturated heterocycles. The van der Waals surface area contributed by atoms with Gasteiger partial charge in [0.1, 0.15) is 5.01 Å². The van der Waals surface area contributed by atoms with Crippen molar-refractivity contribution in [2.45, 2.75) is 38.6 Å². The molecule has 2 N–H and O–H groups in total. The molecule has 1 aromatic heterocycles. The highest BCUT2D eigenvalue weighted by molar-refractivity contribution is 7.15. The number of nitrogens with zero attached hydrogens (tertiary/aromatic N) is 2. The van der Waals surface area contributed by atoms with Gasteiger partial charge in [-0.2, -0.15) is 0 Å². The fourth-order valence-electron chi connectivity index (χ4n) is 1.83. The molecule has 2 heterocycles. The fraction of sp³-hybridized carbons (Fsp3) is 0.700. The highest BCUT2D eigenvalue weighted by atomic mass is 35.5. The lowest BCUT2D eigenvalue weighted by Crippen LogP contribution is -2.54. The van der Waals surface area contributed by atoms with Crippen LogP contribution >= 0.6 is 23.7 Å².